The Labute approximate surface area is 191 Å². The Morgan fingerprint density at radius 3 is 2.38 bits per heavy atom. The van der Waals surface area contributed by atoms with E-state index in [2.05, 4.69) is 5.32 Å². The second kappa shape index (κ2) is 9.97. The summed E-state index contributed by atoms with van der Waals surface area (Å²) in [5, 5.41) is 2.98. The maximum Gasteiger partial charge on any atom is 0.287 e. The van der Waals surface area contributed by atoms with Crippen LogP contribution in [0.25, 0.3) is 0 Å². The maximum atomic E-state index is 12.8. The summed E-state index contributed by atoms with van der Waals surface area (Å²) < 4.78 is 46.7. The number of hydrogen-bond donors (Lipinski definition) is 1. The molecule has 0 bridgehead atoms. The van der Waals surface area contributed by atoms with Gasteiger partial charge in [-0.05, 0) is 48.5 Å². The van der Waals surface area contributed by atoms with Crippen molar-refractivity contribution in [1.29, 1.82) is 0 Å². The molecule has 1 N–H and O–H groups in total. The molecule has 0 radical (unpaired) electrons. The van der Waals surface area contributed by atoms with E-state index in [9.17, 15) is 13.2 Å². The van der Waals surface area contributed by atoms with Crippen molar-refractivity contribution >= 4 is 27.3 Å². The average Bonchev–Trinajstić information content (AvgIpc) is 3.25. The van der Waals surface area contributed by atoms with Gasteiger partial charge in [0.25, 0.3) is 5.91 Å². The van der Waals surface area contributed by atoms with Gasteiger partial charge in [-0.1, -0.05) is 11.6 Å². The minimum Gasteiger partial charge on any atom is -0.497 e. The second-order valence-corrected chi connectivity index (χ2v) is 9.08. The highest BCUT2D eigenvalue weighted by atomic mass is 35.5. The van der Waals surface area contributed by atoms with Crippen LogP contribution < -0.4 is 19.5 Å². The topological polar surface area (TPSA) is 104 Å². The molecule has 3 aromatic rings. The van der Waals surface area contributed by atoms with Gasteiger partial charge in [-0.15, -0.1) is 0 Å². The van der Waals surface area contributed by atoms with Gasteiger partial charge >= 0.3 is 0 Å². The second-order valence-electron chi connectivity index (χ2n) is 6.68. The molecule has 8 nitrogen and oxygen atoms in total. The molecule has 1 amide bonds. The van der Waals surface area contributed by atoms with Gasteiger partial charge in [-0.2, -0.15) is 0 Å². The van der Waals surface area contributed by atoms with Crippen LogP contribution in [0.1, 0.15) is 21.9 Å². The molecule has 0 aliphatic carbocycles. The average molecular weight is 480 g/mol. The van der Waals surface area contributed by atoms with Crippen LogP contribution in [-0.4, -0.2) is 35.7 Å². The first-order valence-electron chi connectivity index (χ1n) is 9.41. The Hall–Kier alpha value is -3.17. The number of carbonyl (C=O) groups excluding carboxylic acids is 1. The van der Waals surface area contributed by atoms with Crippen molar-refractivity contribution in [2.75, 3.05) is 21.3 Å². The van der Waals surface area contributed by atoms with Crippen LogP contribution in [0.4, 0.5) is 0 Å². The molecule has 0 atom stereocenters. The number of ether oxygens (including phenoxy) is 3. The van der Waals surface area contributed by atoms with Crippen molar-refractivity contribution in [3.05, 3.63) is 70.6 Å². The minimum atomic E-state index is -3.83. The van der Waals surface area contributed by atoms with Crippen LogP contribution in [0, 0.1) is 0 Å². The van der Waals surface area contributed by atoms with E-state index >= 15 is 0 Å². The Balaban J connectivity index is 1.72. The quantitative estimate of drug-likeness (QED) is 0.496. The van der Waals surface area contributed by atoms with Crippen LogP contribution in [0.15, 0.2) is 57.8 Å². The molecule has 0 fully saturated rings. The Morgan fingerprint density at radius 2 is 1.69 bits per heavy atom. The predicted octanol–water partition coefficient (Wildman–Crippen LogP) is 3.86. The lowest BCUT2D eigenvalue weighted by atomic mass is 10.2. The molecule has 0 spiro atoms. The van der Waals surface area contributed by atoms with Gasteiger partial charge < -0.3 is 23.9 Å². The van der Waals surface area contributed by atoms with Crippen molar-refractivity contribution < 1.29 is 31.8 Å². The maximum absolute atomic E-state index is 12.8. The van der Waals surface area contributed by atoms with Crippen molar-refractivity contribution in [2.24, 2.45) is 0 Å². The summed E-state index contributed by atoms with van der Waals surface area (Å²) in [5.41, 5.74) is 0.711. The Kier molecular flexibility index (Phi) is 7.32. The third-order valence-electron chi connectivity index (χ3n) is 4.61. The zero-order valence-electron chi connectivity index (χ0n) is 17.7. The molecule has 1 aromatic heterocycles. The first kappa shape index (κ1) is 23.5. The lowest BCUT2D eigenvalue weighted by Crippen LogP contribution is -2.22. The van der Waals surface area contributed by atoms with Crippen LogP contribution in [-0.2, 0) is 22.1 Å². The predicted molar refractivity (Wildman–Crippen MR) is 118 cm³/mol. The highest BCUT2D eigenvalue weighted by molar-refractivity contribution is 7.90. The zero-order valence-corrected chi connectivity index (χ0v) is 19.2. The summed E-state index contributed by atoms with van der Waals surface area (Å²) in [7, 11) is 0.614. The van der Waals surface area contributed by atoms with Gasteiger partial charge in [0.2, 0.25) is 0 Å². The summed E-state index contributed by atoms with van der Waals surface area (Å²) in [5.74, 6) is 0.516. The molecule has 2 aromatic carbocycles. The zero-order chi connectivity index (χ0) is 23.3. The summed E-state index contributed by atoms with van der Waals surface area (Å²) in [6.07, 6.45) is 0. The number of rotatable bonds is 9. The SMILES string of the molecule is COc1ccc(OC)c(CNC(=O)c2ccc(CS(=O)(=O)c3cc(Cl)ccc3OC)o2)c1. The van der Waals surface area contributed by atoms with Crippen molar-refractivity contribution in [2.45, 2.75) is 17.2 Å². The third kappa shape index (κ3) is 5.35. The van der Waals surface area contributed by atoms with E-state index < -0.39 is 21.5 Å². The van der Waals surface area contributed by atoms with Crippen LogP contribution >= 0.6 is 11.6 Å². The first-order chi connectivity index (χ1) is 15.3. The monoisotopic (exact) mass is 479 g/mol. The van der Waals surface area contributed by atoms with Gasteiger partial charge in [0.1, 0.15) is 33.7 Å². The fourth-order valence-electron chi connectivity index (χ4n) is 3.02. The van der Waals surface area contributed by atoms with Gasteiger partial charge in [-0.3, -0.25) is 4.79 Å². The standard InChI is InChI=1S/C22H22ClNO7S/c1-28-16-5-8-18(29-2)14(10-16)12-24-22(25)20-9-6-17(31-20)13-32(26,27)21-11-15(23)4-7-19(21)30-3/h4-11H,12-13H2,1-3H3,(H,24,25). The normalized spacial score (nSPS) is 11.1. The molecule has 3 rings (SSSR count). The summed E-state index contributed by atoms with van der Waals surface area (Å²) in [4.78, 5) is 12.4. The molecule has 170 valence electrons. The van der Waals surface area contributed by atoms with Gasteiger partial charge in [0.05, 0.1) is 21.3 Å². The van der Waals surface area contributed by atoms with Crippen LogP contribution in [0.5, 0.6) is 17.2 Å². The van der Waals surface area contributed by atoms with E-state index in [1.165, 1.54) is 44.6 Å². The molecule has 0 aliphatic rings. The molecule has 32 heavy (non-hydrogen) atoms. The number of carbonyl (C=O) groups is 1. The van der Waals surface area contributed by atoms with E-state index in [4.69, 9.17) is 30.2 Å². The summed E-state index contributed by atoms with van der Waals surface area (Å²) in [6.45, 7) is 0.160. The van der Waals surface area contributed by atoms with Gasteiger partial charge in [0.15, 0.2) is 15.6 Å². The van der Waals surface area contributed by atoms with E-state index in [0.717, 1.165) is 0 Å². The number of hydrogen-bond acceptors (Lipinski definition) is 7. The number of amides is 1. The number of halogens is 1. The molecular weight excluding hydrogens is 458 g/mol. The van der Waals surface area contributed by atoms with Crippen molar-refractivity contribution in [3.63, 3.8) is 0 Å². The molecule has 1 heterocycles. The summed E-state index contributed by atoms with van der Waals surface area (Å²) in [6, 6.07) is 12.4. The Bertz CT molecular complexity index is 1220. The first-order valence-corrected chi connectivity index (χ1v) is 11.4. The van der Waals surface area contributed by atoms with E-state index in [-0.39, 0.29) is 33.7 Å². The number of benzene rings is 2. The molecule has 10 heteroatoms. The third-order valence-corrected chi connectivity index (χ3v) is 6.49. The molecule has 0 saturated heterocycles. The number of furan rings is 1. The van der Waals surface area contributed by atoms with Crippen LogP contribution in [0.2, 0.25) is 5.02 Å². The molecular formula is C22H22ClNO7S. The highest BCUT2D eigenvalue weighted by Gasteiger charge is 2.23. The lowest BCUT2D eigenvalue weighted by Gasteiger charge is -2.11. The number of nitrogens with one attached hydrogen (secondary N) is 1. The van der Waals surface area contributed by atoms with Crippen molar-refractivity contribution in [3.8, 4) is 17.2 Å². The van der Waals surface area contributed by atoms with E-state index in [1.807, 2.05) is 0 Å². The minimum absolute atomic E-state index is 0.0184. The fourth-order valence-corrected chi connectivity index (χ4v) is 4.71. The van der Waals surface area contributed by atoms with Gasteiger partial charge in [0, 0.05) is 17.1 Å². The largest absolute Gasteiger partial charge is 0.497 e. The number of sulfone groups is 1. The molecule has 0 saturated carbocycles. The van der Waals surface area contributed by atoms with Crippen LogP contribution in [0.3, 0.4) is 0 Å². The lowest BCUT2D eigenvalue weighted by molar-refractivity contribution is 0.0921. The van der Waals surface area contributed by atoms with E-state index in [0.29, 0.717) is 17.1 Å². The highest BCUT2D eigenvalue weighted by Crippen LogP contribution is 2.30. The van der Waals surface area contributed by atoms with Crippen molar-refractivity contribution in [1.82, 2.24) is 5.32 Å². The number of methoxy groups -OCH3 is 3. The summed E-state index contributed by atoms with van der Waals surface area (Å²) >= 11 is 5.94. The van der Waals surface area contributed by atoms with Gasteiger partial charge in [-0.25, -0.2) is 8.42 Å². The smallest absolute Gasteiger partial charge is 0.287 e. The Morgan fingerprint density at radius 1 is 0.969 bits per heavy atom. The molecule has 0 unspecified atom stereocenters. The molecule has 0 aliphatic heterocycles. The van der Waals surface area contributed by atoms with E-state index in [1.54, 1.807) is 25.3 Å². The fraction of sp³-hybridized carbons (Fsp3) is 0.227.